The van der Waals surface area contributed by atoms with E-state index in [1.165, 1.54) is 32.2 Å². The molecule has 2 heteroatoms. The van der Waals surface area contributed by atoms with Gasteiger partial charge >= 0.3 is 0 Å². The van der Waals surface area contributed by atoms with Crippen LogP contribution < -0.4 is 5.32 Å². The molecule has 2 atom stereocenters. The van der Waals surface area contributed by atoms with Crippen LogP contribution in [-0.4, -0.2) is 35.6 Å². The molecule has 1 aliphatic rings. The van der Waals surface area contributed by atoms with Gasteiger partial charge in [0.25, 0.3) is 0 Å². The average Bonchev–Trinajstić information content (AvgIpc) is 2.37. The number of nitrogens with zero attached hydrogens (tertiary/aromatic N) is 1. The topological polar surface area (TPSA) is 15.3 Å². The molecule has 0 spiro atoms. The van der Waals surface area contributed by atoms with Gasteiger partial charge in [-0.25, -0.2) is 0 Å². The first-order valence-corrected chi connectivity index (χ1v) is 8.30. The largest absolute Gasteiger partial charge is 0.310 e. The van der Waals surface area contributed by atoms with Gasteiger partial charge in [0.15, 0.2) is 0 Å². The summed E-state index contributed by atoms with van der Waals surface area (Å²) in [5.74, 6) is 0. The molecular weight excluding hydrogens is 232 g/mol. The summed E-state index contributed by atoms with van der Waals surface area (Å²) in [5, 5.41) is 3.84. The SMILES string of the molecule is CCCC(C)N1CC(C(C)(C)C)NCC1(CC)CC. The summed E-state index contributed by atoms with van der Waals surface area (Å²) in [5.41, 5.74) is 0.716. The lowest BCUT2D eigenvalue weighted by molar-refractivity contribution is -0.0212. The predicted molar refractivity (Wildman–Crippen MR) is 85.6 cm³/mol. The van der Waals surface area contributed by atoms with Crippen molar-refractivity contribution >= 4 is 0 Å². The summed E-state index contributed by atoms with van der Waals surface area (Å²) < 4.78 is 0. The van der Waals surface area contributed by atoms with E-state index in [0.29, 0.717) is 23.0 Å². The third kappa shape index (κ3) is 3.72. The van der Waals surface area contributed by atoms with Crippen LogP contribution in [-0.2, 0) is 0 Å². The van der Waals surface area contributed by atoms with E-state index in [1.54, 1.807) is 0 Å². The van der Waals surface area contributed by atoms with Gasteiger partial charge in [-0.05, 0) is 31.6 Å². The Bertz CT molecular complexity index is 263. The third-order valence-corrected chi connectivity index (χ3v) is 5.27. The van der Waals surface area contributed by atoms with E-state index in [-0.39, 0.29) is 0 Å². The van der Waals surface area contributed by atoms with Crippen molar-refractivity contribution < 1.29 is 0 Å². The standard InChI is InChI=1S/C17H36N2/c1-8-11-14(4)19-12-15(16(5,6)7)18-13-17(19,9-2)10-3/h14-15,18H,8-13H2,1-7H3. The van der Waals surface area contributed by atoms with Gasteiger partial charge in [0, 0.05) is 30.7 Å². The van der Waals surface area contributed by atoms with E-state index in [0.717, 1.165) is 6.54 Å². The highest BCUT2D eigenvalue weighted by atomic mass is 15.3. The second-order valence-electron chi connectivity index (χ2n) is 7.52. The minimum absolute atomic E-state index is 0.345. The summed E-state index contributed by atoms with van der Waals surface area (Å²) in [4.78, 5) is 2.82. The maximum atomic E-state index is 3.84. The lowest BCUT2D eigenvalue weighted by Crippen LogP contribution is -2.68. The third-order valence-electron chi connectivity index (χ3n) is 5.27. The summed E-state index contributed by atoms with van der Waals surface area (Å²) in [7, 11) is 0. The van der Waals surface area contributed by atoms with Crippen LogP contribution in [0.25, 0.3) is 0 Å². The lowest BCUT2D eigenvalue weighted by Gasteiger charge is -2.54. The molecule has 1 N–H and O–H groups in total. The van der Waals surface area contributed by atoms with Crippen molar-refractivity contribution in [1.29, 1.82) is 0 Å². The number of nitrogens with one attached hydrogen (secondary N) is 1. The molecule has 0 amide bonds. The Morgan fingerprint density at radius 3 is 2.21 bits per heavy atom. The van der Waals surface area contributed by atoms with Crippen LogP contribution in [0, 0.1) is 5.41 Å². The number of hydrogen-bond donors (Lipinski definition) is 1. The van der Waals surface area contributed by atoms with Crippen LogP contribution in [0.5, 0.6) is 0 Å². The van der Waals surface area contributed by atoms with E-state index < -0.39 is 0 Å². The van der Waals surface area contributed by atoms with Crippen molar-refractivity contribution in [2.75, 3.05) is 13.1 Å². The Hall–Kier alpha value is -0.0800. The fourth-order valence-corrected chi connectivity index (χ4v) is 3.58. The zero-order valence-electron chi connectivity index (χ0n) is 14.3. The number of piperazine rings is 1. The van der Waals surface area contributed by atoms with Gasteiger partial charge in [0.2, 0.25) is 0 Å². The van der Waals surface area contributed by atoms with Gasteiger partial charge in [-0.15, -0.1) is 0 Å². The average molecular weight is 268 g/mol. The molecule has 0 aliphatic carbocycles. The second-order valence-corrected chi connectivity index (χ2v) is 7.52. The Labute approximate surface area is 121 Å². The molecule has 2 unspecified atom stereocenters. The molecule has 0 saturated carbocycles. The van der Waals surface area contributed by atoms with Crippen molar-refractivity contribution in [3.8, 4) is 0 Å². The van der Waals surface area contributed by atoms with Crippen molar-refractivity contribution in [2.45, 2.75) is 91.8 Å². The molecule has 1 rings (SSSR count). The molecule has 0 aromatic carbocycles. The lowest BCUT2D eigenvalue weighted by atomic mass is 9.79. The predicted octanol–water partition coefficient (Wildman–Crippen LogP) is 4.05. The monoisotopic (exact) mass is 268 g/mol. The highest BCUT2D eigenvalue weighted by molar-refractivity contribution is 5.01. The first kappa shape index (κ1) is 17.0. The van der Waals surface area contributed by atoms with Crippen molar-refractivity contribution in [3.63, 3.8) is 0 Å². The zero-order valence-corrected chi connectivity index (χ0v) is 14.3. The van der Waals surface area contributed by atoms with Gasteiger partial charge in [-0.3, -0.25) is 4.90 Å². The van der Waals surface area contributed by atoms with Crippen LogP contribution in [0.1, 0.15) is 74.1 Å². The smallest absolute Gasteiger partial charge is 0.0332 e. The summed E-state index contributed by atoms with van der Waals surface area (Å²) in [6, 6.07) is 1.31. The Kier molecular flexibility index (Phi) is 5.88. The molecule has 114 valence electrons. The van der Waals surface area contributed by atoms with E-state index in [1.807, 2.05) is 0 Å². The van der Waals surface area contributed by atoms with Crippen molar-refractivity contribution in [1.82, 2.24) is 10.2 Å². The maximum Gasteiger partial charge on any atom is 0.0332 e. The summed E-state index contributed by atoms with van der Waals surface area (Å²) >= 11 is 0. The molecule has 0 aromatic heterocycles. The fourth-order valence-electron chi connectivity index (χ4n) is 3.58. The molecule has 2 nitrogen and oxygen atoms in total. The normalized spacial score (nSPS) is 26.4. The Morgan fingerprint density at radius 1 is 1.21 bits per heavy atom. The molecule has 1 saturated heterocycles. The van der Waals surface area contributed by atoms with Crippen molar-refractivity contribution in [2.24, 2.45) is 5.41 Å². The first-order chi connectivity index (χ1) is 8.80. The molecule has 0 radical (unpaired) electrons. The van der Waals surface area contributed by atoms with Crippen LogP contribution in [0.15, 0.2) is 0 Å². The molecule has 1 aliphatic heterocycles. The van der Waals surface area contributed by atoms with Gasteiger partial charge in [-0.1, -0.05) is 48.0 Å². The van der Waals surface area contributed by atoms with Gasteiger partial charge in [-0.2, -0.15) is 0 Å². The quantitative estimate of drug-likeness (QED) is 0.809. The molecule has 0 bridgehead atoms. The Balaban J connectivity index is 2.92. The second kappa shape index (κ2) is 6.58. The number of rotatable bonds is 5. The summed E-state index contributed by atoms with van der Waals surface area (Å²) in [6.07, 6.45) is 5.11. The van der Waals surface area contributed by atoms with E-state index >= 15 is 0 Å². The first-order valence-electron chi connectivity index (χ1n) is 8.30. The van der Waals surface area contributed by atoms with Gasteiger partial charge in [0.1, 0.15) is 0 Å². The van der Waals surface area contributed by atoms with E-state index in [9.17, 15) is 0 Å². The molecule has 19 heavy (non-hydrogen) atoms. The fraction of sp³-hybridized carbons (Fsp3) is 1.00. The minimum Gasteiger partial charge on any atom is -0.310 e. The molecule has 1 heterocycles. The van der Waals surface area contributed by atoms with Crippen LogP contribution in [0.4, 0.5) is 0 Å². The van der Waals surface area contributed by atoms with E-state index in [2.05, 4.69) is 58.7 Å². The van der Waals surface area contributed by atoms with Crippen LogP contribution in [0.2, 0.25) is 0 Å². The highest BCUT2D eigenvalue weighted by Gasteiger charge is 2.43. The minimum atomic E-state index is 0.345. The molecule has 0 aromatic rings. The number of hydrogen-bond acceptors (Lipinski definition) is 2. The van der Waals surface area contributed by atoms with Crippen LogP contribution >= 0.6 is 0 Å². The van der Waals surface area contributed by atoms with Gasteiger partial charge < -0.3 is 5.32 Å². The Morgan fingerprint density at radius 2 is 1.79 bits per heavy atom. The summed E-state index contributed by atoms with van der Waals surface area (Å²) in [6.45, 7) is 18.9. The van der Waals surface area contributed by atoms with Crippen LogP contribution in [0.3, 0.4) is 0 Å². The molecular formula is C17H36N2. The van der Waals surface area contributed by atoms with Gasteiger partial charge in [0.05, 0.1) is 0 Å². The van der Waals surface area contributed by atoms with Crippen molar-refractivity contribution in [3.05, 3.63) is 0 Å². The zero-order chi connectivity index (χ0) is 14.7. The molecule has 1 fully saturated rings. The maximum absolute atomic E-state index is 3.84. The highest BCUT2D eigenvalue weighted by Crippen LogP contribution is 2.34. The van der Waals surface area contributed by atoms with E-state index in [4.69, 9.17) is 0 Å².